The van der Waals surface area contributed by atoms with Gasteiger partial charge in [0.05, 0.1) is 4.88 Å². The Kier molecular flexibility index (Phi) is 3.43. The second-order valence-corrected chi connectivity index (χ2v) is 3.83. The molecule has 2 rings (SSSR count). The number of benzene rings is 1. The molecule has 0 amide bonds. The molecule has 1 aromatic carbocycles. The van der Waals surface area contributed by atoms with E-state index in [9.17, 15) is 0 Å². The van der Waals surface area contributed by atoms with Gasteiger partial charge in [0.25, 0.3) is 0 Å². The first-order valence-corrected chi connectivity index (χ1v) is 5.53. The summed E-state index contributed by atoms with van der Waals surface area (Å²) in [5.41, 5.74) is 0. The van der Waals surface area contributed by atoms with Gasteiger partial charge in [0.2, 0.25) is 0 Å². The standard InChI is InChI=1S/C13H10OS/c1-2-6-12(7-3-1)14-10-4-8-13-9-5-11-15-13/h1-3,5-7,9,11H,10H2. The molecule has 0 unspecified atom stereocenters. The molecule has 0 radical (unpaired) electrons. The zero-order valence-corrected chi connectivity index (χ0v) is 8.96. The summed E-state index contributed by atoms with van der Waals surface area (Å²) in [7, 11) is 0. The van der Waals surface area contributed by atoms with Gasteiger partial charge >= 0.3 is 0 Å². The van der Waals surface area contributed by atoms with E-state index in [1.807, 2.05) is 47.8 Å². The number of hydrogen-bond acceptors (Lipinski definition) is 2. The SMILES string of the molecule is C(#Cc1cccs1)COc1ccccc1. The van der Waals surface area contributed by atoms with Crippen LogP contribution in [0.2, 0.25) is 0 Å². The van der Waals surface area contributed by atoms with Gasteiger partial charge in [0.1, 0.15) is 12.4 Å². The van der Waals surface area contributed by atoms with E-state index in [4.69, 9.17) is 4.74 Å². The predicted octanol–water partition coefficient (Wildman–Crippen LogP) is 3.18. The zero-order valence-electron chi connectivity index (χ0n) is 8.14. The fourth-order valence-corrected chi connectivity index (χ4v) is 1.70. The number of ether oxygens (including phenoxy) is 1. The van der Waals surface area contributed by atoms with Gasteiger partial charge in [0.15, 0.2) is 0 Å². The molecular weight excluding hydrogens is 204 g/mol. The summed E-state index contributed by atoms with van der Waals surface area (Å²) in [6.45, 7) is 0.432. The highest BCUT2D eigenvalue weighted by Crippen LogP contribution is 2.08. The Balaban J connectivity index is 1.85. The van der Waals surface area contributed by atoms with E-state index >= 15 is 0 Å². The van der Waals surface area contributed by atoms with Crippen LogP contribution >= 0.6 is 11.3 Å². The highest BCUT2D eigenvalue weighted by atomic mass is 32.1. The van der Waals surface area contributed by atoms with Gasteiger partial charge in [-0.3, -0.25) is 0 Å². The smallest absolute Gasteiger partial charge is 0.149 e. The number of hydrogen-bond donors (Lipinski definition) is 0. The molecule has 0 fully saturated rings. The third-order valence-electron chi connectivity index (χ3n) is 1.79. The predicted molar refractivity (Wildman–Crippen MR) is 63.1 cm³/mol. The van der Waals surface area contributed by atoms with Crippen molar-refractivity contribution in [2.45, 2.75) is 0 Å². The van der Waals surface area contributed by atoms with Crippen molar-refractivity contribution in [1.82, 2.24) is 0 Å². The second kappa shape index (κ2) is 5.23. The average Bonchev–Trinajstić information content (AvgIpc) is 2.79. The maximum absolute atomic E-state index is 5.44. The Labute approximate surface area is 93.3 Å². The fourth-order valence-electron chi connectivity index (χ4n) is 1.11. The largest absolute Gasteiger partial charge is 0.481 e. The van der Waals surface area contributed by atoms with E-state index in [0.29, 0.717) is 6.61 Å². The molecule has 15 heavy (non-hydrogen) atoms. The van der Waals surface area contributed by atoms with Crippen LogP contribution in [0.3, 0.4) is 0 Å². The Hall–Kier alpha value is -1.72. The lowest BCUT2D eigenvalue weighted by Gasteiger charge is -1.99. The minimum Gasteiger partial charge on any atom is -0.481 e. The van der Waals surface area contributed by atoms with Crippen molar-refractivity contribution >= 4 is 11.3 Å². The van der Waals surface area contributed by atoms with Crippen LogP contribution in [-0.2, 0) is 0 Å². The maximum Gasteiger partial charge on any atom is 0.149 e. The Morgan fingerprint density at radius 1 is 1.07 bits per heavy atom. The summed E-state index contributed by atoms with van der Waals surface area (Å²) in [4.78, 5) is 1.08. The second-order valence-electron chi connectivity index (χ2n) is 2.88. The van der Waals surface area contributed by atoms with E-state index in [1.165, 1.54) is 0 Å². The fraction of sp³-hybridized carbons (Fsp3) is 0.0769. The van der Waals surface area contributed by atoms with Crippen LogP contribution in [0.25, 0.3) is 0 Å². The quantitative estimate of drug-likeness (QED) is 0.698. The first-order valence-electron chi connectivity index (χ1n) is 4.65. The van der Waals surface area contributed by atoms with Gasteiger partial charge in [-0.1, -0.05) is 36.1 Å². The molecule has 0 aliphatic carbocycles. The molecule has 0 aliphatic heterocycles. The first-order chi connectivity index (χ1) is 7.45. The highest BCUT2D eigenvalue weighted by molar-refractivity contribution is 7.10. The molecule has 0 saturated heterocycles. The lowest BCUT2D eigenvalue weighted by atomic mass is 10.3. The van der Waals surface area contributed by atoms with E-state index in [0.717, 1.165) is 10.6 Å². The topological polar surface area (TPSA) is 9.23 Å². The van der Waals surface area contributed by atoms with Gasteiger partial charge in [-0.25, -0.2) is 0 Å². The Morgan fingerprint density at radius 3 is 2.67 bits per heavy atom. The molecular formula is C13H10OS. The van der Waals surface area contributed by atoms with Crippen LogP contribution in [0.4, 0.5) is 0 Å². The summed E-state index contributed by atoms with van der Waals surface area (Å²) in [5, 5.41) is 2.02. The lowest BCUT2D eigenvalue weighted by molar-refractivity contribution is 0.370. The Morgan fingerprint density at radius 2 is 1.93 bits per heavy atom. The lowest BCUT2D eigenvalue weighted by Crippen LogP contribution is -1.92. The number of rotatable bonds is 2. The van der Waals surface area contributed by atoms with E-state index < -0.39 is 0 Å². The van der Waals surface area contributed by atoms with Crippen molar-refractivity contribution in [2.75, 3.05) is 6.61 Å². The van der Waals surface area contributed by atoms with Crippen molar-refractivity contribution in [1.29, 1.82) is 0 Å². The van der Waals surface area contributed by atoms with Gasteiger partial charge in [0, 0.05) is 0 Å². The third kappa shape index (κ3) is 3.16. The minimum atomic E-state index is 0.432. The molecule has 0 saturated carbocycles. The highest BCUT2D eigenvalue weighted by Gasteiger charge is 1.87. The molecule has 0 N–H and O–H groups in total. The number of para-hydroxylation sites is 1. The molecule has 2 heteroatoms. The maximum atomic E-state index is 5.44. The van der Waals surface area contributed by atoms with Crippen molar-refractivity contribution < 1.29 is 4.74 Å². The van der Waals surface area contributed by atoms with E-state index in [2.05, 4.69) is 11.8 Å². The average molecular weight is 214 g/mol. The summed E-state index contributed by atoms with van der Waals surface area (Å²) in [5.74, 6) is 6.87. The van der Waals surface area contributed by atoms with Gasteiger partial charge in [-0.05, 0) is 23.6 Å². The molecule has 0 bridgehead atoms. The van der Waals surface area contributed by atoms with Crippen LogP contribution in [-0.4, -0.2) is 6.61 Å². The summed E-state index contributed by atoms with van der Waals surface area (Å²) in [6, 6.07) is 13.7. The molecule has 1 heterocycles. The van der Waals surface area contributed by atoms with Gasteiger partial charge in [-0.2, -0.15) is 0 Å². The summed E-state index contributed by atoms with van der Waals surface area (Å²) < 4.78 is 5.44. The molecule has 0 aliphatic rings. The van der Waals surface area contributed by atoms with Crippen molar-refractivity contribution in [3.05, 3.63) is 52.7 Å². The number of thiophene rings is 1. The molecule has 1 aromatic heterocycles. The van der Waals surface area contributed by atoms with Crippen LogP contribution < -0.4 is 4.74 Å². The minimum absolute atomic E-state index is 0.432. The van der Waals surface area contributed by atoms with Gasteiger partial charge < -0.3 is 4.74 Å². The molecule has 0 spiro atoms. The summed E-state index contributed by atoms with van der Waals surface area (Å²) >= 11 is 1.64. The molecule has 2 aromatic rings. The molecule has 0 atom stereocenters. The molecule has 74 valence electrons. The summed E-state index contributed by atoms with van der Waals surface area (Å²) in [6.07, 6.45) is 0. The Bertz CT molecular complexity index is 448. The van der Waals surface area contributed by atoms with Crippen LogP contribution in [0.15, 0.2) is 47.8 Å². The normalized spacial score (nSPS) is 9.07. The van der Waals surface area contributed by atoms with E-state index in [-0.39, 0.29) is 0 Å². The van der Waals surface area contributed by atoms with Crippen molar-refractivity contribution in [3.8, 4) is 17.6 Å². The zero-order chi connectivity index (χ0) is 10.3. The van der Waals surface area contributed by atoms with Crippen molar-refractivity contribution in [3.63, 3.8) is 0 Å². The van der Waals surface area contributed by atoms with Crippen LogP contribution in [0.5, 0.6) is 5.75 Å². The van der Waals surface area contributed by atoms with Gasteiger partial charge in [-0.15, -0.1) is 11.3 Å². The van der Waals surface area contributed by atoms with Crippen LogP contribution in [0, 0.1) is 11.8 Å². The third-order valence-corrected chi connectivity index (χ3v) is 2.57. The molecule has 1 nitrogen and oxygen atoms in total. The van der Waals surface area contributed by atoms with Crippen molar-refractivity contribution in [2.24, 2.45) is 0 Å². The van der Waals surface area contributed by atoms with E-state index in [1.54, 1.807) is 11.3 Å². The van der Waals surface area contributed by atoms with Crippen LogP contribution in [0.1, 0.15) is 4.88 Å². The monoisotopic (exact) mass is 214 g/mol. The first kappa shape index (κ1) is 9.82.